The topological polar surface area (TPSA) is 226 Å². The van der Waals surface area contributed by atoms with Gasteiger partial charge in [-0.25, -0.2) is 4.79 Å². The highest BCUT2D eigenvalue weighted by molar-refractivity contribution is 7.98. The van der Waals surface area contributed by atoms with E-state index in [4.69, 9.17) is 17.2 Å². The maximum atomic E-state index is 13.5. The third kappa shape index (κ3) is 10.3. The Morgan fingerprint density at radius 1 is 1.10 bits per heavy atom. The Morgan fingerprint density at radius 3 is 2.38 bits per heavy atom. The molecule has 13 nitrogen and oxygen atoms in total. The van der Waals surface area contributed by atoms with E-state index in [-0.39, 0.29) is 37.6 Å². The molecule has 39 heavy (non-hydrogen) atoms. The number of carbonyl (C=O) groups is 4. The molecule has 0 aliphatic carbocycles. The highest BCUT2D eigenvalue weighted by Gasteiger charge is 2.38. The number of amides is 3. The van der Waals surface area contributed by atoms with Crippen molar-refractivity contribution in [1.29, 1.82) is 0 Å². The number of nitrogens with zero attached hydrogens (tertiary/aromatic N) is 2. The van der Waals surface area contributed by atoms with Crippen LogP contribution < -0.4 is 27.8 Å². The lowest BCUT2D eigenvalue weighted by molar-refractivity contribution is -0.149. The first-order valence-corrected chi connectivity index (χ1v) is 14.1. The van der Waals surface area contributed by atoms with Gasteiger partial charge >= 0.3 is 5.97 Å². The van der Waals surface area contributed by atoms with Crippen LogP contribution in [0.2, 0.25) is 0 Å². The zero-order valence-corrected chi connectivity index (χ0v) is 22.9. The fraction of sp³-hybridized carbons (Fsp3) is 0.560. The number of hydrogen-bond acceptors (Lipinski definition) is 8. The molecule has 4 atom stereocenters. The highest BCUT2D eigenvalue weighted by Crippen LogP contribution is 2.20. The predicted molar refractivity (Wildman–Crippen MR) is 149 cm³/mol. The first-order valence-electron chi connectivity index (χ1n) is 12.7. The number of phenols is 1. The average Bonchev–Trinajstić information content (AvgIpc) is 3.39. The van der Waals surface area contributed by atoms with Crippen LogP contribution in [0.25, 0.3) is 0 Å². The average molecular weight is 566 g/mol. The second kappa shape index (κ2) is 15.8. The number of carboxylic acids is 1. The van der Waals surface area contributed by atoms with E-state index < -0.39 is 47.9 Å². The molecule has 216 valence electrons. The number of hydrogen-bond donors (Lipinski definition) is 7. The van der Waals surface area contributed by atoms with Crippen molar-refractivity contribution in [1.82, 2.24) is 15.5 Å². The Balaban J connectivity index is 2.26. The number of aliphatic carboxylic acids is 1. The Labute approximate surface area is 231 Å². The summed E-state index contributed by atoms with van der Waals surface area (Å²) < 4.78 is 0. The van der Waals surface area contributed by atoms with E-state index in [0.29, 0.717) is 37.0 Å². The molecular formula is C25H39N7O6S. The van der Waals surface area contributed by atoms with Crippen molar-refractivity contribution in [3.63, 3.8) is 0 Å². The van der Waals surface area contributed by atoms with Gasteiger partial charge in [0.2, 0.25) is 17.7 Å². The van der Waals surface area contributed by atoms with Crippen LogP contribution >= 0.6 is 11.8 Å². The minimum absolute atomic E-state index is 0.0394. The zero-order valence-electron chi connectivity index (χ0n) is 22.0. The lowest BCUT2D eigenvalue weighted by Gasteiger charge is -2.29. The Morgan fingerprint density at radius 2 is 1.77 bits per heavy atom. The van der Waals surface area contributed by atoms with E-state index in [1.165, 1.54) is 17.0 Å². The van der Waals surface area contributed by atoms with Crippen LogP contribution in [0.1, 0.15) is 37.7 Å². The van der Waals surface area contributed by atoms with Gasteiger partial charge in [-0.2, -0.15) is 11.8 Å². The number of thioether (sulfide) groups is 1. The van der Waals surface area contributed by atoms with Gasteiger partial charge in [0.15, 0.2) is 5.96 Å². The quantitative estimate of drug-likeness (QED) is 0.0788. The van der Waals surface area contributed by atoms with Gasteiger partial charge in [-0.05, 0) is 61.8 Å². The van der Waals surface area contributed by atoms with E-state index in [1.54, 1.807) is 23.9 Å². The Hall–Kier alpha value is -3.52. The third-order valence-corrected chi connectivity index (χ3v) is 7.00. The highest BCUT2D eigenvalue weighted by atomic mass is 32.2. The summed E-state index contributed by atoms with van der Waals surface area (Å²) >= 11 is 1.54. The summed E-state index contributed by atoms with van der Waals surface area (Å²) in [4.78, 5) is 56.6. The summed E-state index contributed by atoms with van der Waals surface area (Å²) in [5.74, 6) is -2.16. The van der Waals surface area contributed by atoms with Crippen molar-refractivity contribution in [2.24, 2.45) is 22.2 Å². The summed E-state index contributed by atoms with van der Waals surface area (Å²) in [6, 6.07) is 2.19. The predicted octanol–water partition coefficient (Wildman–Crippen LogP) is -0.886. The van der Waals surface area contributed by atoms with Crippen LogP contribution in [-0.4, -0.2) is 94.0 Å². The lowest BCUT2D eigenvalue weighted by Crippen LogP contribution is -2.57. The molecule has 2 rings (SSSR count). The number of carboxylic acid groups (broad SMARTS) is 1. The standard InChI is InChI=1S/C25H39N7O6S/c1-39-13-10-17(26)21(34)30-18(4-2-11-29-25(27)28)22(35)31-19(14-15-6-8-16(33)9-7-15)23(36)32-12-3-5-20(32)24(37)38/h6-9,17-20,33H,2-5,10-14,26H2,1H3,(H,30,34)(H,31,35)(H,37,38)(H4,27,28,29). The van der Waals surface area contributed by atoms with Gasteiger partial charge < -0.3 is 42.9 Å². The van der Waals surface area contributed by atoms with Crippen molar-refractivity contribution < 1.29 is 29.4 Å². The number of nitrogens with two attached hydrogens (primary N) is 3. The van der Waals surface area contributed by atoms with Crippen LogP contribution in [0.4, 0.5) is 0 Å². The summed E-state index contributed by atoms with van der Waals surface area (Å²) in [7, 11) is 0. The van der Waals surface area contributed by atoms with E-state index in [9.17, 15) is 29.4 Å². The number of guanidine groups is 1. The van der Waals surface area contributed by atoms with Gasteiger partial charge in [0.25, 0.3) is 0 Å². The van der Waals surface area contributed by atoms with Gasteiger partial charge in [-0.1, -0.05) is 12.1 Å². The summed E-state index contributed by atoms with van der Waals surface area (Å²) in [6.07, 6.45) is 3.74. The monoisotopic (exact) mass is 565 g/mol. The van der Waals surface area contributed by atoms with Crippen LogP contribution in [0.5, 0.6) is 5.75 Å². The number of aromatic hydroxyl groups is 1. The van der Waals surface area contributed by atoms with Gasteiger partial charge in [-0.3, -0.25) is 19.4 Å². The molecule has 14 heteroatoms. The molecule has 3 amide bonds. The van der Waals surface area contributed by atoms with Crippen molar-refractivity contribution in [2.45, 2.75) is 62.7 Å². The maximum Gasteiger partial charge on any atom is 0.326 e. The number of carbonyl (C=O) groups excluding carboxylic acids is 3. The number of benzene rings is 1. The lowest BCUT2D eigenvalue weighted by atomic mass is 10.0. The first kappa shape index (κ1) is 31.7. The Kier molecular flexibility index (Phi) is 12.8. The molecule has 10 N–H and O–H groups in total. The molecule has 1 saturated heterocycles. The third-order valence-electron chi connectivity index (χ3n) is 6.36. The van der Waals surface area contributed by atoms with E-state index in [0.717, 1.165) is 0 Å². The smallest absolute Gasteiger partial charge is 0.326 e. The second-order valence-electron chi connectivity index (χ2n) is 9.36. The molecule has 1 aromatic rings. The number of phenolic OH excluding ortho intramolecular Hbond substituents is 1. The molecule has 0 bridgehead atoms. The molecule has 1 aromatic carbocycles. The molecule has 0 saturated carbocycles. The molecule has 1 aliphatic rings. The number of likely N-dealkylation sites (tertiary alicyclic amines) is 1. The largest absolute Gasteiger partial charge is 0.508 e. The molecule has 0 spiro atoms. The van der Waals surface area contributed by atoms with Gasteiger partial charge in [-0.15, -0.1) is 0 Å². The molecular weight excluding hydrogens is 526 g/mol. The van der Waals surface area contributed by atoms with Gasteiger partial charge in [0.05, 0.1) is 6.04 Å². The molecule has 4 unspecified atom stereocenters. The number of rotatable bonds is 15. The zero-order chi connectivity index (χ0) is 28.9. The van der Waals surface area contributed by atoms with Crippen LogP contribution in [0.3, 0.4) is 0 Å². The minimum Gasteiger partial charge on any atom is -0.508 e. The second-order valence-corrected chi connectivity index (χ2v) is 10.3. The molecule has 0 radical (unpaired) electrons. The van der Waals surface area contributed by atoms with E-state index in [2.05, 4.69) is 15.6 Å². The molecule has 1 aliphatic heterocycles. The fourth-order valence-corrected chi connectivity index (χ4v) is 4.74. The van der Waals surface area contributed by atoms with Crippen molar-refractivity contribution in [2.75, 3.05) is 25.1 Å². The summed E-state index contributed by atoms with van der Waals surface area (Å²) in [6.45, 7) is 0.477. The van der Waals surface area contributed by atoms with Crippen molar-refractivity contribution in [3.8, 4) is 5.75 Å². The minimum atomic E-state index is -1.11. The van der Waals surface area contributed by atoms with Gasteiger partial charge in [0, 0.05) is 19.5 Å². The molecule has 1 fully saturated rings. The number of aliphatic imine (C=N–C) groups is 1. The first-order chi connectivity index (χ1) is 18.5. The molecule has 1 heterocycles. The van der Waals surface area contributed by atoms with Crippen LogP contribution in [0.15, 0.2) is 29.3 Å². The maximum absolute atomic E-state index is 13.5. The van der Waals surface area contributed by atoms with Crippen LogP contribution in [-0.2, 0) is 25.6 Å². The van der Waals surface area contributed by atoms with E-state index >= 15 is 0 Å². The van der Waals surface area contributed by atoms with Crippen molar-refractivity contribution >= 4 is 41.4 Å². The van der Waals surface area contributed by atoms with Crippen LogP contribution in [0, 0.1) is 0 Å². The summed E-state index contributed by atoms with van der Waals surface area (Å²) in [5.41, 5.74) is 17.4. The molecule has 0 aromatic heterocycles. The fourth-order valence-electron chi connectivity index (χ4n) is 4.25. The Bertz CT molecular complexity index is 1020. The number of nitrogens with one attached hydrogen (secondary N) is 2. The van der Waals surface area contributed by atoms with E-state index in [1.807, 2.05) is 6.26 Å². The normalized spacial score (nSPS) is 17.1. The SMILES string of the molecule is CSCCC(N)C(=O)NC(CCCN=C(N)N)C(=O)NC(Cc1ccc(O)cc1)C(=O)N1CCCC1C(=O)O. The van der Waals surface area contributed by atoms with Crippen molar-refractivity contribution in [3.05, 3.63) is 29.8 Å². The summed E-state index contributed by atoms with van der Waals surface area (Å²) in [5, 5.41) is 24.6. The van der Waals surface area contributed by atoms with Gasteiger partial charge in [0.1, 0.15) is 23.9 Å².